The van der Waals surface area contributed by atoms with E-state index in [1.165, 1.54) is 109 Å². The van der Waals surface area contributed by atoms with E-state index in [1.807, 2.05) is 6.08 Å². The first-order chi connectivity index (χ1) is 13.3. The number of nitriles is 1. The molecule has 1 heteroatoms. The zero-order chi connectivity index (χ0) is 19.2. The number of allylic oxidation sites excluding steroid dienone is 2. The van der Waals surface area contributed by atoms with Crippen molar-refractivity contribution >= 4 is 0 Å². The largest absolute Gasteiger partial charge is 0.193 e. The van der Waals surface area contributed by atoms with Crippen molar-refractivity contribution in [3.63, 3.8) is 0 Å². The van der Waals surface area contributed by atoms with Crippen LogP contribution >= 0.6 is 0 Å². The third-order valence-corrected chi connectivity index (χ3v) is 7.57. The first-order valence-electron chi connectivity index (χ1n) is 12.4. The molecular weight excluding hydrogens is 326 g/mol. The number of nitrogens with zero attached hydrogens (tertiary/aromatic N) is 1. The Bertz CT molecular complexity index is 416. The lowest BCUT2D eigenvalue weighted by atomic mass is 9.74. The highest BCUT2D eigenvalue weighted by Gasteiger charge is 2.24. The Morgan fingerprint density at radius 2 is 1.15 bits per heavy atom. The van der Waals surface area contributed by atoms with E-state index >= 15 is 0 Å². The normalized spacial score (nSPS) is 29.0. The minimum absolute atomic E-state index is 0.928. The van der Waals surface area contributed by atoms with Gasteiger partial charge < -0.3 is 0 Å². The maximum absolute atomic E-state index is 8.55. The van der Waals surface area contributed by atoms with E-state index in [0.717, 1.165) is 30.1 Å². The molecule has 0 N–H and O–H groups in total. The minimum atomic E-state index is 0.928. The molecular formula is C26H45N. The molecule has 0 atom stereocenters. The molecule has 0 unspecified atom stereocenters. The maximum atomic E-state index is 8.55. The Labute approximate surface area is 170 Å². The molecule has 0 aromatic carbocycles. The summed E-state index contributed by atoms with van der Waals surface area (Å²) in [5.74, 6) is 4.06. The maximum Gasteiger partial charge on any atom is 0.0908 e. The van der Waals surface area contributed by atoms with Crippen molar-refractivity contribution in [3.8, 4) is 6.07 Å². The van der Waals surface area contributed by atoms with Gasteiger partial charge in [-0.1, -0.05) is 116 Å². The molecule has 0 aromatic heterocycles. The summed E-state index contributed by atoms with van der Waals surface area (Å²) < 4.78 is 0. The molecule has 0 saturated heterocycles. The topological polar surface area (TPSA) is 23.8 Å². The number of rotatable bonds is 12. The van der Waals surface area contributed by atoms with Gasteiger partial charge in [0, 0.05) is 6.08 Å². The van der Waals surface area contributed by atoms with Gasteiger partial charge in [-0.15, -0.1) is 0 Å². The third kappa shape index (κ3) is 9.82. The molecule has 0 bridgehead atoms. The van der Waals surface area contributed by atoms with Crippen LogP contribution in [0.5, 0.6) is 0 Å². The second-order valence-corrected chi connectivity index (χ2v) is 9.66. The lowest BCUT2D eigenvalue weighted by Gasteiger charge is -2.32. The van der Waals surface area contributed by atoms with Gasteiger partial charge in [0.05, 0.1) is 6.07 Å². The predicted octanol–water partition coefficient (Wildman–Crippen LogP) is 8.60. The molecule has 27 heavy (non-hydrogen) atoms. The molecule has 0 aromatic rings. The van der Waals surface area contributed by atoms with Crippen molar-refractivity contribution in [2.75, 3.05) is 0 Å². The second kappa shape index (κ2) is 14.3. The van der Waals surface area contributed by atoms with Crippen molar-refractivity contribution in [2.45, 2.75) is 122 Å². The Hall–Kier alpha value is -0.770. The molecule has 0 spiro atoms. The summed E-state index contributed by atoms with van der Waals surface area (Å²) in [6.07, 6.45) is 29.8. The van der Waals surface area contributed by atoms with E-state index in [-0.39, 0.29) is 0 Å². The van der Waals surface area contributed by atoms with E-state index in [9.17, 15) is 0 Å². The van der Waals surface area contributed by atoms with Gasteiger partial charge >= 0.3 is 0 Å². The molecule has 154 valence electrons. The highest BCUT2D eigenvalue weighted by Crippen LogP contribution is 2.38. The van der Waals surface area contributed by atoms with Crippen LogP contribution in [0.1, 0.15) is 122 Å². The zero-order valence-electron chi connectivity index (χ0n) is 18.1. The summed E-state index contributed by atoms with van der Waals surface area (Å²) in [5.41, 5.74) is 0. The first kappa shape index (κ1) is 22.5. The molecule has 2 rings (SSSR count). The van der Waals surface area contributed by atoms with Crippen molar-refractivity contribution in [2.24, 2.45) is 23.7 Å². The fourth-order valence-electron chi connectivity index (χ4n) is 5.59. The van der Waals surface area contributed by atoms with Crippen LogP contribution in [0.15, 0.2) is 12.2 Å². The predicted molar refractivity (Wildman–Crippen MR) is 117 cm³/mol. The summed E-state index contributed by atoms with van der Waals surface area (Å²) in [5, 5.41) is 8.55. The van der Waals surface area contributed by atoms with Crippen molar-refractivity contribution in [1.29, 1.82) is 5.26 Å². The molecule has 2 aliphatic rings. The van der Waals surface area contributed by atoms with Gasteiger partial charge in [0.15, 0.2) is 0 Å². The van der Waals surface area contributed by atoms with Crippen LogP contribution in [0.25, 0.3) is 0 Å². The molecule has 0 aliphatic heterocycles. The standard InChI is InChI=1S/C26H45N/c1-2-3-4-5-7-10-23-12-16-25(17-13-23)20-21-26-18-14-24(15-19-26)11-8-6-9-22-27/h6,9,23-26H,2-5,7-8,10-21H2,1H3/b9-6+/t23-,24-,25-,26-. The first-order valence-corrected chi connectivity index (χ1v) is 12.4. The quantitative estimate of drug-likeness (QED) is 0.249. The fraction of sp³-hybridized carbons (Fsp3) is 0.885. The zero-order valence-corrected chi connectivity index (χ0v) is 18.1. The highest BCUT2D eigenvalue weighted by molar-refractivity contribution is 5.01. The Balaban J connectivity index is 1.47. The van der Waals surface area contributed by atoms with Crippen molar-refractivity contribution in [1.82, 2.24) is 0 Å². The average molecular weight is 372 g/mol. The lowest BCUT2D eigenvalue weighted by Crippen LogP contribution is -2.18. The van der Waals surface area contributed by atoms with E-state index in [1.54, 1.807) is 6.08 Å². The number of unbranched alkanes of at least 4 members (excludes halogenated alkanes) is 4. The van der Waals surface area contributed by atoms with Gasteiger partial charge in [0.1, 0.15) is 0 Å². The van der Waals surface area contributed by atoms with Crippen LogP contribution < -0.4 is 0 Å². The van der Waals surface area contributed by atoms with Crippen molar-refractivity contribution < 1.29 is 0 Å². The number of hydrogen-bond acceptors (Lipinski definition) is 1. The average Bonchev–Trinajstić information content (AvgIpc) is 2.71. The lowest BCUT2D eigenvalue weighted by molar-refractivity contribution is 0.208. The van der Waals surface area contributed by atoms with Gasteiger partial charge in [-0.05, 0) is 36.5 Å². The Kier molecular flexibility index (Phi) is 11.9. The van der Waals surface area contributed by atoms with E-state index < -0.39 is 0 Å². The molecule has 0 heterocycles. The molecule has 2 saturated carbocycles. The van der Waals surface area contributed by atoms with E-state index in [2.05, 4.69) is 13.0 Å². The van der Waals surface area contributed by atoms with Gasteiger partial charge in [-0.3, -0.25) is 0 Å². The SMILES string of the molecule is CCCCCCC[C@H]1CC[C@H](CC[C@H]2CC[C@H](CC/C=C/C#N)CC2)CC1. The molecule has 0 radical (unpaired) electrons. The minimum Gasteiger partial charge on any atom is -0.193 e. The van der Waals surface area contributed by atoms with Gasteiger partial charge in [-0.2, -0.15) is 5.26 Å². The third-order valence-electron chi connectivity index (χ3n) is 7.57. The van der Waals surface area contributed by atoms with Gasteiger partial charge in [0.2, 0.25) is 0 Å². The summed E-state index contributed by atoms with van der Waals surface area (Å²) in [7, 11) is 0. The van der Waals surface area contributed by atoms with Crippen molar-refractivity contribution in [3.05, 3.63) is 12.2 Å². The monoisotopic (exact) mass is 371 g/mol. The Morgan fingerprint density at radius 1 is 0.667 bits per heavy atom. The fourth-order valence-corrected chi connectivity index (χ4v) is 5.59. The van der Waals surface area contributed by atoms with Crippen LogP contribution in [0.3, 0.4) is 0 Å². The second-order valence-electron chi connectivity index (χ2n) is 9.66. The smallest absolute Gasteiger partial charge is 0.0908 e. The number of hydrogen-bond donors (Lipinski definition) is 0. The Morgan fingerprint density at radius 3 is 1.67 bits per heavy atom. The van der Waals surface area contributed by atoms with Gasteiger partial charge in [-0.25, -0.2) is 0 Å². The van der Waals surface area contributed by atoms with Crippen LogP contribution in [0.2, 0.25) is 0 Å². The van der Waals surface area contributed by atoms with Crippen LogP contribution in [0, 0.1) is 35.0 Å². The molecule has 2 aliphatic carbocycles. The molecule has 2 fully saturated rings. The van der Waals surface area contributed by atoms with Gasteiger partial charge in [0.25, 0.3) is 0 Å². The summed E-state index contributed by atoms with van der Waals surface area (Å²) in [4.78, 5) is 0. The summed E-state index contributed by atoms with van der Waals surface area (Å²) >= 11 is 0. The summed E-state index contributed by atoms with van der Waals surface area (Å²) in [6, 6.07) is 2.10. The van der Waals surface area contributed by atoms with Crippen LogP contribution in [-0.4, -0.2) is 0 Å². The van der Waals surface area contributed by atoms with Crippen LogP contribution in [-0.2, 0) is 0 Å². The van der Waals surface area contributed by atoms with Crippen LogP contribution in [0.4, 0.5) is 0 Å². The highest BCUT2D eigenvalue weighted by atomic mass is 14.3. The van der Waals surface area contributed by atoms with E-state index in [4.69, 9.17) is 5.26 Å². The summed E-state index contributed by atoms with van der Waals surface area (Å²) in [6.45, 7) is 2.31. The molecule has 0 amide bonds. The van der Waals surface area contributed by atoms with E-state index in [0.29, 0.717) is 0 Å². The molecule has 1 nitrogen and oxygen atoms in total.